The van der Waals surface area contributed by atoms with Gasteiger partial charge in [0.2, 0.25) is 0 Å². The van der Waals surface area contributed by atoms with Crippen molar-refractivity contribution in [3.63, 3.8) is 0 Å². The molecule has 0 aliphatic heterocycles. The molecule has 5 heteroatoms. The van der Waals surface area contributed by atoms with Crippen LogP contribution in [-0.2, 0) is 6.42 Å². The summed E-state index contributed by atoms with van der Waals surface area (Å²) in [4.78, 5) is 8.87. The molecule has 0 saturated carbocycles. The first kappa shape index (κ1) is 13.5. The highest BCUT2D eigenvalue weighted by atomic mass is 79.9. The molecule has 0 saturated heterocycles. The Morgan fingerprint density at radius 1 is 1.39 bits per heavy atom. The summed E-state index contributed by atoms with van der Waals surface area (Å²) in [6, 6.07) is 3.94. The number of hydrogen-bond acceptors (Lipinski definition) is 4. The van der Waals surface area contributed by atoms with E-state index >= 15 is 0 Å². The second kappa shape index (κ2) is 6.29. The largest absolute Gasteiger partial charge is 0.370 e. The molecule has 2 rings (SSSR count). The lowest BCUT2D eigenvalue weighted by Crippen LogP contribution is -2.06. The van der Waals surface area contributed by atoms with E-state index in [0.29, 0.717) is 5.92 Å². The van der Waals surface area contributed by atoms with Crippen LogP contribution in [0.1, 0.15) is 30.5 Å². The fourth-order valence-corrected chi connectivity index (χ4v) is 2.61. The molecule has 0 aromatic carbocycles. The highest BCUT2D eigenvalue weighted by molar-refractivity contribution is 9.10. The Bertz CT molecular complexity index is 493. The number of anilines is 1. The predicted molar refractivity (Wildman–Crippen MR) is 80.3 cm³/mol. The Hall–Kier alpha value is -0.940. The van der Waals surface area contributed by atoms with E-state index in [0.717, 1.165) is 29.0 Å². The summed E-state index contributed by atoms with van der Waals surface area (Å²) in [6.07, 6.45) is 2.73. The van der Waals surface area contributed by atoms with Gasteiger partial charge in [-0.1, -0.05) is 13.8 Å². The Morgan fingerprint density at radius 2 is 2.22 bits per heavy atom. The van der Waals surface area contributed by atoms with Crippen molar-refractivity contribution in [3.05, 3.63) is 38.9 Å². The molecule has 0 unspecified atom stereocenters. The maximum absolute atomic E-state index is 4.61. The van der Waals surface area contributed by atoms with Crippen molar-refractivity contribution >= 4 is 33.1 Å². The van der Waals surface area contributed by atoms with Crippen LogP contribution in [0.2, 0.25) is 0 Å². The van der Waals surface area contributed by atoms with Gasteiger partial charge in [0.15, 0.2) is 0 Å². The monoisotopic (exact) mass is 325 g/mol. The normalized spacial score (nSPS) is 10.9. The number of aromatic nitrogens is 2. The molecule has 2 aromatic heterocycles. The lowest BCUT2D eigenvalue weighted by molar-refractivity contribution is 0.835. The fraction of sp³-hybridized carbons (Fsp3) is 0.385. The molecular weight excluding hydrogens is 310 g/mol. The van der Waals surface area contributed by atoms with Crippen LogP contribution in [0.5, 0.6) is 0 Å². The third kappa shape index (κ3) is 3.78. The van der Waals surface area contributed by atoms with Gasteiger partial charge in [0.1, 0.15) is 5.82 Å². The summed E-state index contributed by atoms with van der Waals surface area (Å²) in [5.41, 5.74) is 1.16. The van der Waals surface area contributed by atoms with Crippen LogP contribution in [0.3, 0.4) is 0 Å². The Balaban J connectivity index is 1.82. The zero-order valence-electron chi connectivity index (χ0n) is 10.5. The maximum atomic E-state index is 4.61. The summed E-state index contributed by atoms with van der Waals surface area (Å²) in [6.45, 7) is 5.20. The highest BCUT2D eigenvalue weighted by Crippen LogP contribution is 2.19. The second-order valence-corrected chi connectivity index (χ2v) is 6.18. The summed E-state index contributed by atoms with van der Waals surface area (Å²) < 4.78 is 0.995. The van der Waals surface area contributed by atoms with Gasteiger partial charge < -0.3 is 5.32 Å². The van der Waals surface area contributed by atoms with Crippen molar-refractivity contribution in [1.82, 2.24) is 9.97 Å². The van der Waals surface area contributed by atoms with E-state index in [1.807, 2.05) is 12.1 Å². The summed E-state index contributed by atoms with van der Waals surface area (Å²) in [7, 11) is 0. The zero-order valence-corrected chi connectivity index (χ0v) is 12.9. The first-order valence-electron chi connectivity index (χ1n) is 5.95. The smallest absolute Gasteiger partial charge is 0.125 e. The van der Waals surface area contributed by atoms with Gasteiger partial charge >= 0.3 is 0 Å². The first-order chi connectivity index (χ1) is 8.65. The Kier molecular flexibility index (Phi) is 4.72. The maximum Gasteiger partial charge on any atom is 0.125 e. The van der Waals surface area contributed by atoms with Crippen LogP contribution in [0.15, 0.2) is 28.2 Å². The predicted octanol–water partition coefficient (Wildman–Crippen LogP) is 4.08. The highest BCUT2D eigenvalue weighted by Gasteiger charge is 2.05. The average Bonchev–Trinajstić information content (AvgIpc) is 2.81. The third-order valence-electron chi connectivity index (χ3n) is 2.48. The lowest BCUT2D eigenvalue weighted by Gasteiger charge is -2.03. The summed E-state index contributed by atoms with van der Waals surface area (Å²) in [5, 5.41) is 6.65. The van der Waals surface area contributed by atoms with Crippen LogP contribution in [0.4, 0.5) is 5.82 Å². The molecule has 2 aromatic rings. The molecular formula is C13H16BrN3S. The molecule has 0 radical (unpaired) electrons. The molecule has 3 nitrogen and oxygen atoms in total. The van der Waals surface area contributed by atoms with Gasteiger partial charge in [0, 0.05) is 34.9 Å². The number of hydrogen-bond donors (Lipinski definition) is 1. The van der Waals surface area contributed by atoms with E-state index in [2.05, 4.69) is 50.4 Å². The molecule has 0 bridgehead atoms. The molecule has 96 valence electrons. The molecule has 0 spiro atoms. The van der Waals surface area contributed by atoms with Gasteiger partial charge in [-0.2, -0.15) is 0 Å². The number of nitrogens with zero attached hydrogens (tertiary/aromatic N) is 2. The second-order valence-electron chi connectivity index (χ2n) is 4.37. The SMILES string of the molecule is CC(C)c1nc(CCNc2ccc(Br)cn2)cs1. The molecule has 1 N–H and O–H groups in total. The Labute approximate surface area is 120 Å². The van der Waals surface area contributed by atoms with E-state index in [4.69, 9.17) is 0 Å². The van der Waals surface area contributed by atoms with Crippen molar-refractivity contribution in [1.29, 1.82) is 0 Å². The third-order valence-corrected chi connectivity index (χ3v) is 4.14. The van der Waals surface area contributed by atoms with E-state index in [1.165, 1.54) is 5.01 Å². The number of pyridine rings is 1. The van der Waals surface area contributed by atoms with Crippen molar-refractivity contribution in [2.75, 3.05) is 11.9 Å². The van der Waals surface area contributed by atoms with Gasteiger partial charge in [0.05, 0.1) is 10.7 Å². The number of halogens is 1. The summed E-state index contributed by atoms with van der Waals surface area (Å²) in [5.74, 6) is 1.42. The molecule has 0 atom stereocenters. The van der Waals surface area contributed by atoms with Gasteiger partial charge in [-0.3, -0.25) is 0 Å². The van der Waals surface area contributed by atoms with Gasteiger partial charge in [0.25, 0.3) is 0 Å². The molecule has 18 heavy (non-hydrogen) atoms. The number of thiazole rings is 1. The van der Waals surface area contributed by atoms with Crippen molar-refractivity contribution in [2.45, 2.75) is 26.2 Å². The molecule has 2 heterocycles. The van der Waals surface area contributed by atoms with Crippen molar-refractivity contribution in [2.24, 2.45) is 0 Å². The van der Waals surface area contributed by atoms with Crippen LogP contribution in [-0.4, -0.2) is 16.5 Å². The zero-order chi connectivity index (χ0) is 13.0. The van der Waals surface area contributed by atoms with Crippen molar-refractivity contribution < 1.29 is 0 Å². The van der Waals surface area contributed by atoms with Gasteiger partial charge in [-0.05, 0) is 28.1 Å². The fourth-order valence-electron chi connectivity index (χ4n) is 1.50. The van der Waals surface area contributed by atoms with Gasteiger partial charge in [-0.15, -0.1) is 11.3 Å². The van der Waals surface area contributed by atoms with Crippen LogP contribution < -0.4 is 5.32 Å². The lowest BCUT2D eigenvalue weighted by atomic mass is 10.2. The number of rotatable bonds is 5. The minimum absolute atomic E-state index is 0.518. The van der Waals surface area contributed by atoms with Crippen LogP contribution >= 0.6 is 27.3 Å². The van der Waals surface area contributed by atoms with E-state index in [9.17, 15) is 0 Å². The number of nitrogens with one attached hydrogen (secondary N) is 1. The van der Waals surface area contributed by atoms with Crippen molar-refractivity contribution in [3.8, 4) is 0 Å². The minimum Gasteiger partial charge on any atom is -0.370 e. The van der Waals surface area contributed by atoms with E-state index < -0.39 is 0 Å². The summed E-state index contributed by atoms with van der Waals surface area (Å²) >= 11 is 5.11. The molecule has 0 fully saturated rings. The topological polar surface area (TPSA) is 37.8 Å². The minimum atomic E-state index is 0.518. The van der Waals surface area contributed by atoms with Gasteiger partial charge in [-0.25, -0.2) is 9.97 Å². The van der Waals surface area contributed by atoms with Crippen LogP contribution in [0.25, 0.3) is 0 Å². The molecule has 0 aliphatic carbocycles. The van der Waals surface area contributed by atoms with E-state index in [1.54, 1.807) is 17.5 Å². The molecule has 0 aliphatic rings. The van der Waals surface area contributed by atoms with E-state index in [-0.39, 0.29) is 0 Å². The average molecular weight is 326 g/mol. The molecule has 0 amide bonds. The first-order valence-corrected chi connectivity index (χ1v) is 7.62. The quantitative estimate of drug-likeness (QED) is 0.900. The van der Waals surface area contributed by atoms with Crippen LogP contribution in [0, 0.1) is 0 Å². The standard InChI is InChI=1S/C13H16BrN3S/c1-9(2)13-17-11(8-18-13)5-6-15-12-4-3-10(14)7-16-12/h3-4,7-9H,5-6H2,1-2H3,(H,15,16). The Morgan fingerprint density at radius 3 is 2.83 bits per heavy atom.